The lowest BCUT2D eigenvalue weighted by Crippen LogP contribution is -2.21. The van der Waals surface area contributed by atoms with Crippen molar-refractivity contribution in [2.24, 2.45) is 5.92 Å². The maximum Gasteiger partial charge on any atom is 0.346 e. The summed E-state index contributed by atoms with van der Waals surface area (Å²) < 4.78 is 5.12. The number of ether oxygens (including phenoxy) is 1. The summed E-state index contributed by atoms with van der Waals surface area (Å²) in [5, 5.41) is 1.77. The summed E-state index contributed by atoms with van der Waals surface area (Å²) in [7, 11) is 0. The highest BCUT2D eigenvalue weighted by atomic mass is 16.6. The van der Waals surface area contributed by atoms with Crippen molar-refractivity contribution in [2.45, 2.75) is 39.5 Å². The van der Waals surface area contributed by atoms with Crippen molar-refractivity contribution in [1.29, 1.82) is 0 Å². The van der Waals surface area contributed by atoms with E-state index in [2.05, 4.69) is 6.92 Å². The number of hydrogen-bond acceptors (Lipinski definition) is 3. The van der Waals surface area contributed by atoms with Crippen LogP contribution in [-0.4, -0.2) is 11.9 Å². The largest absolute Gasteiger partial charge is 0.389 e. The van der Waals surface area contributed by atoms with Gasteiger partial charge in [-0.25, -0.2) is 4.79 Å². The summed E-state index contributed by atoms with van der Waals surface area (Å²) in [6.45, 7) is 4.03. The molecule has 0 bridgehead atoms. The highest BCUT2D eigenvalue weighted by Gasteiger charge is 2.22. The van der Waals surface area contributed by atoms with E-state index in [0.717, 1.165) is 30.0 Å². The van der Waals surface area contributed by atoms with Crippen molar-refractivity contribution >= 4 is 22.7 Å². The second-order valence-corrected chi connectivity index (χ2v) is 5.48. The van der Waals surface area contributed by atoms with Crippen molar-refractivity contribution in [1.82, 2.24) is 0 Å². The maximum absolute atomic E-state index is 12.3. The molecular weight excluding hydrogens is 276 g/mol. The van der Waals surface area contributed by atoms with Crippen LogP contribution in [0, 0.1) is 5.92 Å². The molecule has 2 aromatic carbocycles. The van der Waals surface area contributed by atoms with Crippen LogP contribution < -0.4 is 0 Å². The Morgan fingerprint density at radius 3 is 2.50 bits per heavy atom. The third kappa shape index (κ3) is 3.73. The van der Waals surface area contributed by atoms with E-state index in [9.17, 15) is 9.59 Å². The van der Waals surface area contributed by atoms with E-state index in [1.165, 1.54) is 0 Å². The second kappa shape index (κ2) is 7.74. The predicted octanol–water partition coefficient (Wildman–Crippen LogP) is 4.74. The van der Waals surface area contributed by atoms with Crippen LogP contribution >= 0.6 is 0 Å². The first kappa shape index (κ1) is 16.2. The molecule has 0 aliphatic carbocycles. The molecule has 2 aromatic rings. The highest BCUT2D eigenvalue weighted by Crippen LogP contribution is 2.21. The minimum absolute atomic E-state index is 0.195. The van der Waals surface area contributed by atoms with E-state index >= 15 is 0 Å². The summed E-state index contributed by atoms with van der Waals surface area (Å²) >= 11 is 0. The molecule has 0 spiro atoms. The van der Waals surface area contributed by atoms with E-state index in [4.69, 9.17) is 4.74 Å². The molecule has 0 aliphatic rings. The maximum atomic E-state index is 12.3. The average molecular weight is 298 g/mol. The van der Waals surface area contributed by atoms with Crippen LogP contribution in [0.15, 0.2) is 42.5 Å². The minimum atomic E-state index is -0.559. The molecule has 22 heavy (non-hydrogen) atoms. The molecule has 0 amide bonds. The summed E-state index contributed by atoms with van der Waals surface area (Å²) in [6, 6.07) is 13.0. The van der Waals surface area contributed by atoms with Gasteiger partial charge in [0.25, 0.3) is 0 Å². The van der Waals surface area contributed by atoms with Crippen molar-refractivity contribution in [3.63, 3.8) is 0 Å². The van der Waals surface area contributed by atoms with Crippen molar-refractivity contribution in [3.8, 4) is 0 Å². The quantitative estimate of drug-likeness (QED) is 0.571. The van der Waals surface area contributed by atoms with Crippen LogP contribution in [0.1, 0.15) is 49.9 Å². The topological polar surface area (TPSA) is 43.4 Å². The van der Waals surface area contributed by atoms with Gasteiger partial charge in [0.1, 0.15) is 0 Å². The standard InChI is InChI=1S/C19H22O3/c1-3-5-9-14(4-2)18(20)22-19(21)17-13-8-11-15-10-6-7-12-16(15)17/h6-8,10-14H,3-5,9H2,1-2H3. The summed E-state index contributed by atoms with van der Waals surface area (Å²) in [6.07, 6.45) is 3.47. The Bertz CT molecular complexity index is 655. The molecule has 0 saturated carbocycles. The van der Waals surface area contributed by atoms with Crippen LogP contribution in [0.2, 0.25) is 0 Å². The van der Waals surface area contributed by atoms with Crippen LogP contribution in [0.4, 0.5) is 0 Å². The average Bonchev–Trinajstić information content (AvgIpc) is 2.55. The molecule has 3 heteroatoms. The van der Waals surface area contributed by atoms with Gasteiger partial charge in [-0.1, -0.05) is 63.1 Å². The van der Waals surface area contributed by atoms with Crippen molar-refractivity contribution < 1.29 is 14.3 Å². The number of carbonyl (C=O) groups is 2. The Hall–Kier alpha value is -2.16. The molecule has 1 unspecified atom stereocenters. The van der Waals surface area contributed by atoms with Gasteiger partial charge < -0.3 is 4.74 Å². The zero-order chi connectivity index (χ0) is 15.9. The smallest absolute Gasteiger partial charge is 0.346 e. The van der Waals surface area contributed by atoms with Gasteiger partial charge in [0.2, 0.25) is 0 Å². The molecule has 0 fully saturated rings. The lowest BCUT2D eigenvalue weighted by Gasteiger charge is -2.13. The number of fused-ring (bicyclic) bond motifs is 1. The Morgan fingerprint density at radius 1 is 1.05 bits per heavy atom. The normalized spacial score (nSPS) is 12.1. The predicted molar refractivity (Wildman–Crippen MR) is 87.7 cm³/mol. The van der Waals surface area contributed by atoms with Crippen molar-refractivity contribution in [3.05, 3.63) is 48.0 Å². The zero-order valence-corrected chi connectivity index (χ0v) is 13.2. The first-order chi connectivity index (χ1) is 10.7. The molecule has 0 saturated heterocycles. The monoisotopic (exact) mass is 298 g/mol. The summed E-state index contributed by atoms with van der Waals surface area (Å²) in [4.78, 5) is 24.5. The van der Waals surface area contributed by atoms with Crippen LogP contribution in [0.3, 0.4) is 0 Å². The fourth-order valence-electron chi connectivity index (χ4n) is 2.57. The lowest BCUT2D eigenvalue weighted by atomic mass is 9.99. The molecular formula is C19H22O3. The third-order valence-corrected chi connectivity index (χ3v) is 3.94. The third-order valence-electron chi connectivity index (χ3n) is 3.94. The Kier molecular flexibility index (Phi) is 5.70. The summed E-state index contributed by atoms with van der Waals surface area (Å²) in [5.74, 6) is -1.16. The zero-order valence-electron chi connectivity index (χ0n) is 13.2. The number of unbranched alkanes of at least 4 members (excludes halogenated alkanes) is 1. The van der Waals surface area contributed by atoms with Gasteiger partial charge in [-0.05, 0) is 29.7 Å². The van der Waals surface area contributed by atoms with Gasteiger partial charge in [-0.15, -0.1) is 0 Å². The molecule has 0 aliphatic heterocycles. The van der Waals surface area contributed by atoms with Gasteiger partial charge >= 0.3 is 11.9 Å². The van der Waals surface area contributed by atoms with Gasteiger partial charge in [0.05, 0.1) is 11.5 Å². The SMILES string of the molecule is CCCCC(CC)C(=O)OC(=O)c1cccc2ccccc12. The molecule has 0 aromatic heterocycles. The number of hydrogen-bond donors (Lipinski definition) is 0. The fraction of sp³-hybridized carbons (Fsp3) is 0.368. The van der Waals surface area contributed by atoms with E-state index < -0.39 is 11.9 Å². The number of rotatable bonds is 6. The van der Waals surface area contributed by atoms with Crippen LogP contribution in [0.25, 0.3) is 10.8 Å². The molecule has 116 valence electrons. The van der Waals surface area contributed by atoms with E-state index in [1.54, 1.807) is 12.1 Å². The fourth-order valence-corrected chi connectivity index (χ4v) is 2.57. The van der Waals surface area contributed by atoms with Crippen molar-refractivity contribution in [2.75, 3.05) is 0 Å². The Labute approximate surface area is 131 Å². The van der Waals surface area contributed by atoms with Crippen LogP contribution in [-0.2, 0) is 9.53 Å². The summed E-state index contributed by atoms with van der Waals surface area (Å²) in [5.41, 5.74) is 0.441. The molecule has 0 N–H and O–H groups in total. The second-order valence-electron chi connectivity index (χ2n) is 5.48. The number of benzene rings is 2. The van der Waals surface area contributed by atoms with E-state index in [-0.39, 0.29) is 5.92 Å². The highest BCUT2D eigenvalue weighted by molar-refractivity contribution is 6.07. The first-order valence-electron chi connectivity index (χ1n) is 7.91. The molecule has 0 radical (unpaired) electrons. The van der Waals surface area contributed by atoms with Gasteiger partial charge in [-0.3, -0.25) is 4.79 Å². The minimum Gasteiger partial charge on any atom is -0.389 e. The van der Waals surface area contributed by atoms with Gasteiger partial charge in [0.15, 0.2) is 0 Å². The molecule has 3 nitrogen and oxygen atoms in total. The van der Waals surface area contributed by atoms with E-state index in [1.807, 2.05) is 37.3 Å². The molecule has 2 rings (SSSR count). The first-order valence-corrected chi connectivity index (χ1v) is 7.91. The van der Waals surface area contributed by atoms with Gasteiger partial charge in [0, 0.05) is 0 Å². The Morgan fingerprint density at radius 2 is 1.77 bits per heavy atom. The Balaban J connectivity index is 2.15. The molecule has 1 atom stereocenters. The van der Waals surface area contributed by atoms with Gasteiger partial charge in [-0.2, -0.15) is 0 Å². The molecule has 0 heterocycles. The number of esters is 2. The van der Waals surface area contributed by atoms with Crippen LogP contribution in [0.5, 0.6) is 0 Å². The number of carbonyl (C=O) groups excluding carboxylic acids is 2. The van der Waals surface area contributed by atoms with E-state index in [0.29, 0.717) is 12.0 Å². The lowest BCUT2D eigenvalue weighted by molar-refractivity contribution is -0.143.